The van der Waals surface area contributed by atoms with Crippen molar-refractivity contribution in [3.8, 4) is 0 Å². The van der Waals surface area contributed by atoms with E-state index < -0.39 is 33.9 Å². The molecule has 1 fully saturated rings. The summed E-state index contributed by atoms with van der Waals surface area (Å²) < 4.78 is 33.4. The van der Waals surface area contributed by atoms with Gasteiger partial charge in [0.2, 0.25) is 0 Å². The summed E-state index contributed by atoms with van der Waals surface area (Å²) in [5, 5.41) is 2.94. The Morgan fingerprint density at radius 1 is 1.42 bits per heavy atom. The lowest BCUT2D eigenvalue weighted by molar-refractivity contribution is -0.152. The number of thioether (sulfide) groups is 1. The Hall–Kier alpha value is -2.07. The van der Waals surface area contributed by atoms with E-state index in [1.54, 1.807) is 12.1 Å². The fraction of sp³-hybridized carbons (Fsp3) is 0.438. The number of fused-ring (bicyclic) bond motifs is 1. The number of carbonyl (C=O) groups excluding carboxylic acids is 2. The zero-order valence-corrected chi connectivity index (χ0v) is 15.6. The summed E-state index contributed by atoms with van der Waals surface area (Å²) in [7, 11) is -3.08. The van der Waals surface area contributed by atoms with Crippen molar-refractivity contribution >= 4 is 44.6 Å². The normalized spacial score (nSPS) is 20.0. The van der Waals surface area contributed by atoms with E-state index in [0.717, 1.165) is 11.8 Å². The Morgan fingerprint density at radius 2 is 2.19 bits per heavy atom. The lowest BCUT2D eigenvalue weighted by Crippen LogP contribution is -2.42. The Bertz CT molecular complexity index is 891. The van der Waals surface area contributed by atoms with Gasteiger partial charge >= 0.3 is 5.97 Å². The van der Waals surface area contributed by atoms with Crippen LogP contribution in [-0.2, 0) is 24.2 Å². The molecule has 2 heterocycles. The van der Waals surface area contributed by atoms with Crippen LogP contribution in [0.5, 0.6) is 0 Å². The Balaban J connectivity index is 1.45. The zero-order chi connectivity index (χ0) is 18.7. The second-order valence-corrected chi connectivity index (χ2v) is 9.13. The molecule has 10 heteroatoms. The van der Waals surface area contributed by atoms with Crippen LogP contribution < -0.4 is 5.32 Å². The molecule has 8 nitrogen and oxygen atoms in total. The van der Waals surface area contributed by atoms with Gasteiger partial charge in [-0.25, -0.2) is 13.4 Å². The van der Waals surface area contributed by atoms with Crippen LogP contribution in [0.2, 0.25) is 0 Å². The van der Waals surface area contributed by atoms with Gasteiger partial charge in [-0.15, -0.1) is 0 Å². The number of ether oxygens (including phenoxy) is 1. The van der Waals surface area contributed by atoms with Crippen molar-refractivity contribution in [2.24, 2.45) is 0 Å². The minimum absolute atomic E-state index is 0.0533. The van der Waals surface area contributed by atoms with Crippen molar-refractivity contribution in [2.75, 3.05) is 17.3 Å². The van der Waals surface area contributed by atoms with Crippen molar-refractivity contribution in [3.63, 3.8) is 0 Å². The van der Waals surface area contributed by atoms with Gasteiger partial charge in [-0.3, -0.25) is 9.59 Å². The van der Waals surface area contributed by atoms with E-state index in [-0.39, 0.29) is 17.3 Å². The number of hydrogen-bond acceptors (Lipinski definition) is 8. The molecular formula is C16H18N2O6S2. The first kappa shape index (κ1) is 18.7. The summed E-state index contributed by atoms with van der Waals surface area (Å²) >= 11 is 1.08. The highest BCUT2D eigenvalue weighted by Gasteiger charge is 2.30. The highest BCUT2D eigenvalue weighted by atomic mass is 32.2. The van der Waals surface area contributed by atoms with Crippen LogP contribution in [0.15, 0.2) is 33.9 Å². The molecule has 0 radical (unpaired) electrons. The maximum Gasteiger partial charge on any atom is 0.317 e. The molecule has 2 atom stereocenters. The first-order valence-electron chi connectivity index (χ1n) is 8.01. The van der Waals surface area contributed by atoms with Gasteiger partial charge in [0.15, 0.2) is 21.5 Å². The van der Waals surface area contributed by atoms with Gasteiger partial charge in [-0.1, -0.05) is 23.9 Å². The van der Waals surface area contributed by atoms with E-state index in [2.05, 4.69) is 10.3 Å². The van der Waals surface area contributed by atoms with E-state index in [0.29, 0.717) is 22.7 Å². The number of esters is 1. The van der Waals surface area contributed by atoms with Crippen LogP contribution in [-0.4, -0.2) is 54.7 Å². The summed E-state index contributed by atoms with van der Waals surface area (Å²) in [6, 6.07) is 6.81. The van der Waals surface area contributed by atoms with Crippen LogP contribution in [0, 0.1) is 0 Å². The van der Waals surface area contributed by atoms with Gasteiger partial charge < -0.3 is 14.5 Å². The third kappa shape index (κ3) is 4.76. The molecule has 140 valence electrons. The summed E-state index contributed by atoms with van der Waals surface area (Å²) in [6.07, 6.45) is -0.627. The number of nitrogens with one attached hydrogen (secondary N) is 1. The second kappa shape index (κ2) is 7.67. The summed E-state index contributed by atoms with van der Waals surface area (Å²) in [5.41, 5.74) is 1.32. The highest BCUT2D eigenvalue weighted by molar-refractivity contribution is 7.99. The van der Waals surface area contributed by atoms with Crippen molar-refractivity contribution in [2.45, 2.75) is 30.7 Å². The van der Waals surface area contributed by atoms with E-state index >= 15 is 0 Å². The molecule has 0 bridgehead atoms. The van der Waals surface area contributed by atoms with Crippen molar-refractivity contribution in [1.29, 1.82) is 0 Å². The molecule has 0 unspecified atom stereocenters. The highest BCUT2D eigenvalue weighted by Crippen LogP contribution is 2.23. The first-order valence-corrected chi connectivity index (χ1v) is 10.8. The molecule has 1 aromatic carbocycles. The molecule has 0 spiro atoms. The number of aromatic nitrogens is 1. The largest absolute Gasteiger partial charge is 0.452 e. The van der Waals surface area contributed by atoms with Crippen molar-refractivity contribution in [1.82, 2.24) is 10.3 Å². The number of rotatable bonds is 6. The Kier molecular flexibility index (Phi) is 5.52. The number of nitrogens with zero attached hydrogens (tertiary/aromatic N) is 1. The first-order chi connectivity index (χ1) is 12.3. The Labute approximate surface area is 154 Å². The molecule has 26 heavy (non-hydrogen) atoms. The molecule has 1 aromatic heterocycles. The van der Waals surface area contributed by atoms with Crippen LogP contribution in [0.4, 0.5) is 0 Å². The number of oxazole rings is 1. The second-order valence-electron chi connectivity index (χ2n) is 5.98. The zero-order valence-electron chi connectivity index (χ0n) is 14.0. The van der Waals surface area contributed by atoms with Gasteiger partial charge in [-0.2, -0.15) is 0 Å². The average Bonchev–Trinajstić information content (AvgIpc) is 3.15. The molecule has 3 rings (SSSR count). The van der Waals surface area contributed by atoms with Crippen molar-refractivity contribution < 1.29 is 27.2 Å². The fourth-order valence-corrected chi connectivity index (χ4v) is 4.84. The van der Waals surface area contributed by atoms with Crippen LogP contribution in [0.1, 0.15) is 13.3 Å². The maximum atomic E-state index is 12.0. The number of benzene rings is 1. The number of carbonyl (C=O) groups is 2. The number of hydrogen-bond donors (Lipinski definition) is 1. The molecule has 0 saturated carbocycles. The van der Waals surface area contributed by atoms with E-state index in [4.69, 9.17) is 9.15 Å². The smallest absolute Gasteiger partial charge is 0.317 e. The minimum atomic E-state index is -3.08. The van der Waals surface area contributed by atoms with Gasteiger partial charge in [0.05, 0.1) is 11.5 Å². The predicted octanol–water partition coefficient (Wildman–Crippen LogP) is 1.15. The molecule has 2 aromatic rings. The molecule has 1 saturated heterocycles. The summed E-state index contributed by atoms with van der Waals surface area (Å²) in [4.78, 5) is 28.1. The average molecular weight is 398 g/mol. The molecule has 1 N–H and O–H groups in total. The Morgan fingerprint density at radius 3 is 2.88 bits per heavy atom. The molecule has 1 aliphatic rings. The maximum absolute atomic E-state index is 12.0. The summed E-state index contributed by atoms with van der Waals surface area (Å²) in [6.45, 7) is 1.45. The third-order valence-corrected chi connectivity index (χ3v) is 6.41. The third-order valence-electron chi connectivity index (χ3n) is 3.84. The summed E-state index contributed by atoms with van der Waals surface area (Å²) in [5.74, 6) is -1.16. The van der Waals surface area contributed by atoms with E-state index in [1.807, 2.05) is 12.1 Å². The van der Waals surface area contributed by atoms with Crippen LogP contribution in [0.25, 0.3) is 11.1 Å². The molecule has 1 amide bonds. The number of sulfone groups is 1. The van der Waals surface area contributed by atoms with Gasteiger partial charge in [0.1, 0.15) is 11.3 Å². The predicted molar refractivity (Wildman–Crippen MR) is 95.5 cm³/mol. The van der Waals surface area contributed by atoms with E-state index in [9.17, 15) is 18.0 Å². The minimum Gasteiger partial charge on any atom is -0.452 e. The molecule has 0 aliphatic carbocycles. The van der Waals surface area contributed by atoms with Crippen LogP contribution in [0.3, 0.4) is 0 Å². The standard InChI is InChI=1S/C16H18N2O6S2/c1-10(15(20)17-11-6-7-26(21,22)9-11)23-14(19)8-25-16-18-12-4-2-3-5-13(12)24-16/h2-5,10-11H,6-9H2,1H3,(H,17,20)/t10-,11-/m1/s1. The van der Waals surface area contributed by atoms with Crippen molar-refractivity contribution in [3.05, 3.63) is 24.3 Å². The number of amides is 1. The van der Waals surface area contributed by atoms with Gasteiger partial charge in [0, 0.05) is 6.04 Å². The number of para-hydroxylation sites is 2. The van der Waals surface area contributed by atoms with Gasteiger partial charge in [-0.05, 0) is 25.5 Å². The topological polar surface area (TPSA) is 116 Å². The fourth-order valence-electron chi connectivity index (χ4n) is 2.55. The monoisotopic (exact) mass is 398 g/mol. The SMILES string of the molecule is C[C@@H](OC(=O)CSc1nc2ccccc2o1)C(=O)N[C@@H]1CCS(=O)(=O)C1. The van der Waals surface area contributed by atoms with E-state index in [1.165, 1.54) is 6.92 Å². The quantitative estimate of drug-likeness (QED) is 0.569. The molecule has 1 aliphatic heterocycles. The van der Waals surface area contributed by atoms with Gasteiger partial charge in [0.25, 0.3) is 11.1 Å². The lowest BCUT2D eigenvalue weighted by Gasteiger charge is -2.16. The lowest BCUT2D eigenvalue weighted by atomic mass is 10.2. The van der Waals surface area contributed by atoms with Crippen LogP contribution >= 0.6 is 11.8 Å². The molecular weight excluding hydrogens is 380 g/mol.